The number of benzene rings is 1. The summed E-state index contributed by atoms with van der Waals surface area (Å²) in [5, 5.41) is 0. The Hall–Kier alpha value is -2.71. The topological polar surface area (TPSA) is 77.0 Å². The number of morpholine rings is 1. The third-order valence-electron chi connectivity index (χ3n) is 5.32. The number of nitrogens with zero attached hydrogens (tertiary/aromatic N) is 4. The molecule has 3 heterocycles. The summed E-state index contributed by atoms with van der Waals surface area (Å²) >= 11 is 0. The molecule has 2 aliphatic heterocycles. The Morgan fingerprint density at radius 2 is 1.90 bits per heavy atom. The first-order valence-corrected chi connectivity index (χ1v) is 9.96. The highest BCUT2D eigenvalue weighted by Crippen LogP contribution is 2.31. The lowest BCUT2D eigenvalue weighted by Crippen LogP contribution is -2.45. The van der Waals surface area contributed by atoms with Crippen molar-refractivity contribution in [3.05, 3.63) is 42.4 Å². The highest BCUT2D eigenvalue weighted by Gasteiger charge is 2.30. The van der Waals surface area contributed by atoms with Crippen LogP contribution in [-0.4, -0.2) is 72.2 Å². The van der Waals surface area contributed by atoms with Gasteiger partial charge >= 0.3 is 0 Å². The molecule has 2 aromatic rings. The minimum Gasteiger partial charge on any atom is -0.497 e. The van der Waals surface area contributed by atoms with Crippen LogP contribution >= 0.6 is 0 Å². The molecule has 4 rings (SSSR count). The van der Waals surface area contributed by atoms with E-state index in [0.29, 0.717) is 44.5 Å². The van der Waals surface area contributed by atoms with Crippen LogP contribution in [0.1, 0.15) is 24.6 Å². The average molecular weight is 398 g/mol. The van der Waals surface area contributed by atoms with Crippen molar-refractivity contribution in [1.82, 2.24) is 19.8 Å². The summed E-state index contributed by atoms with van der Waals surface area (Å²) in [4.78, 5) is 25.7. The van der Waals surface area contributed by atoms with Crippen LogP contribution in [0, 0.1) is 0 Å². The van der Waals surface area contributed by atoms with Crippen molar-refractivity contribution in [3.63, 3.8) is 0 Å². The van der Waals surface area contributed by atoms with Gasteiger partial charge in [0.05, 0.1) is 51.0 Å². The fourth-order valence-corrected chi connectivity index (χ4v) is 3.77. The monoisotopic (exact) mass is 398 g/mol. The van der Waals surface area contributed by atoms with Crippen molar-refractivity contribution < 1.29 is 19.0 Å². The van der Waals surface area contributed by atoms with Gasteiger partial charge in [-0.2, -0.15) is 0 Å². The first-order valence-electron chi connectivity index (χ1n) is 9.96. The van der Waals surface area contributed by atoms with Crippen LogP contribution < -0.4 is 9.47 Å². The second-order valence-corrected chi connectivity index (χ2v) is 7.18. The molecule has 1 aromatic heterocycles. The molecule has 2 fully saturated rings. The molecule has 1 atom stereocenters. The van der Waals surface area contributed by atoms with Crippen LogP contribution in [0.2, 0.25) is 0 Å². The zero-order chi connectivity index (χ0) is 20.1. The van der Waals surface area contributed by atoms with Gasteiger partial charge < -0.3 is 19.1 Å². The van der Waals surface area contributed by atoms with Gasteiger partial charge in [-0.15, -0.1) is 0 Å². The number of likely N-dealkylation sites (tertiary alicyclic amines) is 1. The largest absolute Gasteiger partial charge is 0.497 e. The van der Waals surface area contributed by atoms with Crippen LogP contribution in [0.4, 0.5) is 0 Å². The van der Waals surface area contributed by atoms with Crippen LogP contribution in [-0.2, 0) is 9.53 Å². The Balaban J connectivity index is 1.42. The van der Waals surface area contributed by atoms with Gasteiger partial charge in [0, 0.05) is 13.1 Å². The maximum absolute atomic E-state index is 12.6. The molecule has 1 amide bonds. The van der Waals surface area contributed by atoms with E-state index in [1.165, 1.54) is 0 Å². The molecule has 0 spiro atoms. The van der Waals surface area contributed by atoms with Crippen molar-refractivity contribution in [1.29, 1.82) is 0 Å². The van der Waals surface area contributed by atoms with Gasteiger partial charge in [-0.3, -0.25) is 14.7 Å². The first-order chi connectivity index (χ1) is 14.2. The zero-order valence-electron chi connectivity index (χ0n) is 16.6. The Morgan fingerprint density at radius 3 is 2.66 bits per heavy atom. The number of rotatable bonds is 6. The smallest absolute Gasteiger partial charge is 0.238 e. The molecule has 8 heteroatoms. The molecule has 154 valence electrons. The minimum atomic E-state index is 0.0758. The summed E-state index contributed by atoms with van der Waals surface area (Å²) in [6.45, 7) is 3.85. The molecule has 1 aromatic carbocycles. The summed E-state index contributed by atoms with van der Waals surface area (Å²) in [6, 6.07) is 7.41. The predicted octanol–water partition coefficient (Wildman–Crippen LogP) is 2.27. The van der Waals surface area contributed by atoms with Gasteiger partial charge in [-0.25, -0.2) is 4.98 Å². The Labute approximate surface area is 170 Å². The molecular formula is C21H26N4O4. The lowest BCUT2D eigenvalue weighted by atomic mass is 10.1. The number of carbonyl (C=O) groups excluding carboxylic acids is 1. The number of methoxy groups -OCH3 is 1. The van der Waals surface area contributed by atoms with Crippen LogP contribution in [0.5, 0.6) is 17.4 Å². The zero-order valence-corrected chi connectivity index (χ0v) is 16.6. The number of amides is 1. The predicted molar refractivity (Wildman–Crippen MR) is 106 cm³/mol. The third kappa shape index (κ3) is 4.83. The van der Waals surface area contributed by atoms with Crippen molar-refractivity contribution in [2.24, 2.45) is 0 Å². The number of aromatic nitrogens is 2. The quantitative estimate of drug-likeness (QED) is 0.739. The second-order valence-electron chi connectivity index (χ2n) is 7.18. The lowest BCUT2D eigenvalue weighted by molar-refractivity contribution is -0.136. The number of hydrogen-bond donors (Lipinski definition) is 0. The van der Waals surface area contributed by atoms with Crippen molar-refractivity contribution in [3.8, 4) is 17.4 Å². The van der Waals surface area contributed by atoms with Gasteiger partial charge in [0.25, 0.3) is 0 Å². The van der Waals surface area contributed by atoms with E-state index in [4.69, 9.17) is 14.2 Å². The fourth-order valence-electron chi connectivity index (χ4n) is 3.77. The Morgan fingerprint density at radius 1 is 1.14 bits per heavy atom. The van der Waals surface area contributed by atoms with Crippen molar-refractivity contribution in [2.45, 2.75) is 18.9 Å². The maximum atomic E-state index is 12.6. The lowest BCUT2D eigenvalue weighted by Gasteiger charge is -2.30. The summed E-state index contributed by atoms with van der Waals surface area (Å²) in [7, 11) is 1.63. The van der Waals surface area contributed by atoms with E-state index < -0.39 is 0 Å². The average Bonchev–Trinajstić information content (AvgIpc) is 3.23. The highest BCUT2D eigenvalue weighted by molar-refractivity contribution is 5.78. The molecule has 0 N–H and O–H groups in total. The highest BCUT2D eigenvalue weighted by atomic mass is 16.5. The Bertz CT molecular complexity index is 824. The summed E-state index contributed by atoms with van der Waals surface area (Å²) in [6.07, 6.45) is 5.36. The van der Waals surface area contributed by atoms with Gasteiger partial charge in [-0.05, 0) is 43.7 Å². The van der Waals surface area contributed by atoms with E-state index in [0.717, 1.165) is 30.8 Å². The first kappa shape index (κ1) is 19.6. The van der Waals surface area contributed by atoms with Gasteiger partial charge in [0.2, 0.25) is 11.8 Å². The Kier molecular flexibility index (Phi) is 6.21. The third-order valence-corrected chi connectivity index (χ3v) is 5.32. The van der Waals surface area contributed by atoms with Crippen LogP contribution in [0.25, 0.3) is 0 Å². The minimum absolute atomic E-state index is 0.0758. The summed E-state index contributed by atoms with van der Waals surface area (Å²) < 4.78 is 16.4. The number of carbonyl (C=O) groups is 1. The van der Waals surface area contributed by atoms with E-state index in [9.17, 15) is 4.79 Å². The molecule has 8 nitrogen and oxygen atoms in total. The van der Waals surface area contributed by atoms with E-state index in [1.54, 1.807) is 19.5 Å². The molecular weight excluding hydrogens is 372 g/mol. The maximum Gasteiger partial charge on any atom is 0.238 e. The van der Waals surface area contributed by atoms with E-state index in [1.807, 2.05) is 29.2 Å². The van der Waals surface area contributed by atoms with E-state index in [2.05, 4.69) is 14.9 Å². The molecule has 2 saturated heterocycles. The molecule has 0 unspecified atom stereocenters. The van der Waals surface area contributed by atoms with Crippen LogP contribution in [0.15, 0.2) is 36.7 Å². The standard InChI is InChI=1S/C21H26N4O4/c1-27-16-4-6-17(7-5-16)29-20-14-22-13-18(23-20)19-3-2-8-25(19)15-21(26)24-9-11-28-12-10-24/h4-7,13-14,19H,2-3,8-12,15H2,1H3/t19-/m0/s1. The van der Waals surface area contributed by atoms with E-state index in [-0.39, 0.29) is 11.9 Å². The fraction of sp³-hybridized carbons (Fsp3) is 0.476. The van der Waals surface area contributed by atoms with Gasteiger partial charge in [-0.1, -0.05) is 0 Å². The van der Waals surface area contributed by atoms with Crippen LogP contribution in [0.3, 0.4) is 0 Å². The van der Waals surface area contributed by atoms with Crippen molar-refractivity contribution in [2.75, 3.05) is 46.5 Å². The summed E-state index contributed by atoms with van der Waals surface area (Å²) in [5.74, 6) is 2.03. The normalized spacial score (nSPS) is 19.9. The molecule has 0 bridgehead atoms. The van der Waals surface area contributed by atoms with Gasteiger partial charge in [0.15, 0.2) is 0 Å². The molecule has 29 heavy (non-hydrogen) atoms. The number of hydrogen-bond acceptors (Lipinski definition) is 7. The molecule has 0 radical (unpaired) electrons. The van der Waals surface area contributed by atoms with Crippen molar-refractivity contribution >= 4 is 5.91 Å². The second kappa shape index (κ2) is 9.19. The van der Waals surface area contributed by atoms with E-state index >= 15 is 0 Å². The summed E-state index contributed by atoms with van der Waals surface area (Å²) in [5.41, 5.74) is 0.836. The SMILES string of the molecule is COc1ccc(Oc2cncc([C@@H]3CCCN3CC(=O)N3CCOCC3)n2)cc1. The number of ether oxygens (including phenoxy) is 3. The molecule has 0 saturated carbocycles. The molecule has 2 aliphatic rings. The molecule has 0 aliphatic carbocycles. The van der Waals surface area contributed by atoms with Gasteiger partial charge in [0.1, 0.15) is 11.5 Å².